The SMILES string of the molecule is COc1ccc(CNC(=O)NC[C@@H](c2ccsc2)N2CCOCC2)cc1OC. The van der Waals surface area contributed by atoms with Crippen LogP contribution in [0.25, 0.3) is 0 Å². The van der Waals surface area contributed by atoms with Crippen molar-refractivity contribution in [2.24, 2.45) is 0 Å². The number of ether oxygens (including phenoxy) is 3. The third kappa shape index (κ3) is 5.37. The van der Waals surface area contributed by atoms with E-state index in [-0.39, 0.29) is 12.1 Å². The summed E-state index contributed by atoms with van der Waals surface area (Å²) in [5.74, 6) is 1.31. The number of morpholine rings is 1. The molecule has 0 bridgehead atoms. The Hall–Kier alpha value is -2.29. The van der Waals surface area contributed by atoms with E-state index in [0.29, 0.717) is 24.6 Å². The average molecular weight is 406 g/mol. The molecule has 8 heteroatoms. The molecule has 28 heavy (non-hydrogen) atoms. The number of amides is 2. The molecule has 1 aromatic heterocycles. The largest absolute Gasteiger partial charge is 0.493 e. The third-order valence-corrected chi connectivity index (χ3v) is 5.47. The lowest BCUT2D eigenvalue weighted by Crippen LogP contribution is -2.45. The van der Waals surface area contributed by atoms with Gasteiger partial charge >= 0.3 is 6.03 Å². The highest BCUT2D eigenvalue weighted by molar-refractivity contribution is 7.07. The van der Waals surface area contributed by atoms with Gasteiger partial charge in [0.1, 0.15) is 0 Å². The van der Waals surface area contributed by atoms with Crippen molar-refractivity contribution in [2.45, 2.75) is 12.6 Å². The summed E-state index contributed by atoms with van der Waals surface area (Å²) < 4.78 is 16.0. The minimum Gasteiger partial charge on any atom is -0.493 e. The molecule has 1 aliphatic rings. The summed E-state index contributed by atoms with van der Waals surface area (Å²) in [6, 6.07) is 7.68. The van der Waals surface area contributed by atoms with Crippen LogP contribution in [0.1, 0.15) is 17.2 Å². The van der Waals surface area contributed by atoms with Crippen LogP contribution in [0.15, 0.2) is 35.0 Å². The highest BCUT2D eigenvalue weighted by Crippen LogP contribution is 2.27. The second kappa shape index (κ2) is 10.3. The summed E-state index contributed by atoms with van der Waals surface area (Å²) in [6.07, 6.45) is 0. The molecule has 0 spiro atoms. The number of hydrogen-bond donors (Lipinski definition) is 2. The summed E-state index contributed by atoms with van der Waals surface area (Å²) in [5, 5.41) is 10.1. The van der Waals surface area contributed by atoms with Crippen LogP contribution in [0.4, 0.5) is 4.79 Å². The van der Waals surface area contributed by atoms with Gasteiger partial charge in [-0.25, -0.2) is 4.79 Å². The van der Waals surface area contributed by atoms with E-state index in [9.17, 15) is 4.79 Å². The van der Waals surface area contributed by atoms with Crippen molar-refractivity contribution in [1.29, 1.82) is 0 Å². The van der Waals surface area contributed by atoms with Gasteiger partial charge in [-0.3, -0.25) is 4.90 Å². The molecule has 1 aromatic carbocycles. The van der Waals surface area contributed by atoms with E-state index in [1.54, 1.807) is 25.6 Å². The first kappa shape index (κ1) is 20.4. The Morgan fingerprint density at radius 2 is 1.96 bits per heavy atom. The quantitative estimate of drug-likeness (QED) is 0.706. The zero-order valence-electron chi connectivity index (χ0n) is 16.3. The van der Waals surface area contributed by atoms with Gasteiger partial charge in [-0.05, 0) is 40.1 Å². The molecule has 0 aliphatic carbocycles. The van der Waals surface area contributed by atoms with Gasteiger partial charge < -0.3 is 24.8 Å². The van der Waals surface area contributed by atoms with Crippen molar-refractivity contribution >= 4 is 17.4 Å². The van der Waals surface area contributed by atoms with Crippen molar-refractivity contribution in [2.75, 3.05) is 47.1 Å². The van der Waals surface area contributed by atoms with Gasteiger partial charge in [-0.2, -0.15) is 11.3 Å². The second-order valence-electron chi connectivity index (χ2n) is 6.47. The lowest BCUT2D eigenvalue weighted by molar-refractivity contribution is 0.0168. The molecule has 2 heterocycles. The number of nitrogens with zero attached hydrogens (tertiary/aromatic N) is 1. The minimum atomic E-state index is -0.191. The molecule has 1 atom stereocenters. The van der Waals surface area contributed by atoms with E-state index >= 15 is 0 Å². The Kier molecular flexibility index (Phi) is 7.53. The van der Waals surface area contributed by atoms with Crippen LogP contribution in [-0.4, -0.2) is 58.0 Å². The fourth-order valence-electron chi connectivity index (χ4n) is 3.24. The van der Waals surface area contributed by atoms with E-state index in [1.165, 1.54) is 5.56 Å². The Labute approximate surface area is 169 Å². The molecule has 1 fully saturated rings. The van der Waals surface area contributed by atoms with E-state index < -0.39 is 0 Å². The second-order valence-corrected chi connectivity index (χ2v) is 7.25. The molecule has 2 N–H and O–H groups in total. The van der Waals surface area contributed by atoms with Gasteiger partial charge in [0.25, 0.3) is 0 Å². The van der Waals surface area contributed by atoms with Gasteiger partial charge in [0.05, 0.1) is 33.5 Å². The number of methoxy groups -OCH3 is 2. The topological polar surface area (TPSA) is 72.1 Å². The fourth-order valence-corrected chi connectivity index (χ4v) is 3.94. The lowest BCUT2D eigenvalue weighted by Gasteiger charge is -2.34. The van der Waals surface area contributed by atoms with Crippen LogP contribution in [0.5, 0.6) is 11.5 Å². The highest BCUT2D eigenvalue weighted by atomic mass is 32.1. The summed E-state index contributed by atoms with van der Waals surface area (Å²) in [4.78, 5) is 14.7. The summed E-state index contributed by atoms with van der Waals surface area (Å²) >= 11 is 1.67. The molecule has 0 unspecified atom stereocenters. The van der Waals surface area contributed by atoms with Gasteiger partial charge in [-0.1, -0.05) is 6.07 Å². The maximum absolute atomic E-state index is 12.3. The maximum Gasteiger partial charge on any atom is 0.315 e. The molecule has 1 aliphatic heterocycles. The first-order chi connectivity index (χ1) is 13.7. The number of carbonyl (C=O) groups is 1. The number of benzene rings is 1. The lowest BCUT2D eigenvalue weighted by atomic mass is 10.1. The van der Waals surface area contributed by atoms with Crippen LogP contribution in [0.3, 0.4) is 0 Å². The highest BCUT2D eigenvalue weighted by Gasteiger charge is 2.23. The Morgan fingerprint density at radius 3 is 2.64 bits per heavy atom. The van der Waals surface area contributed by atoms with Gasteiger partial charge in [0.2, 0.25) is 0 Å². The Bertz CT molecular complexity index is 748. The predicted molar refractivity (Wildman–Crippen MR) is 109 cm³/mol. The summed E-state index contributed by atoms with van der Waals surface area (Å²) in [7, 11) is 3.19. The van der Waals surface area contributed by atoms with Crippen molar-refractivity contribution < 1.29 is 19.0 Å². The Morgan fingerprint density at radius 1 is 1.18 bits per heavy atom. The smallest absolute Gasteiger partial charge is 0.315 e. The Balaban J connectivity index is 1.53. The van der Waals surface area contributed by atoms with Crippen molar-refractivity contribution in [3.63, 3.8) is 0 Å². The van der Waals surface area contributed by atoms with Gasteiger partial charge in [0.15, 0.2) is 11.5 Å². The first-order valence-electron chi connectivity index (χ1n) is 9.27. The van der Waals surface area contributed by atoms with E-state index in [4.69, 9.17) is 14.2 Å². The number of hydrogen-bond acceptors (Lipinski definition) is 6. The molecule has 0 saturated carbocycles. The van der Waals surface area contributed by atoms with Gasteiger partial charge in [0, 0.05) is 26.2 Å². The van der Waals surface area contributed by atoms with E-state index in [1.807, 2.05) is 18.2 Å². The fraction of sp³-hybridized carbons (Fsp3) is 0.450. The molecule has 3 rings (SSSR count). The van der Waals surface area contributed by atoms with Crippen molar-refractivity contribution in [1.82, 2.24) is 15.5 Å². The van der Waals surface area contributed by atoms with Crippen LogP contribution >= 0.6 is 11.3 Å². The molecule has 1 saturated heterocycles. The number of thiophene rings is 1. The van der Waals surface area contributed by atoms with E-state index in [0.717, 1.165) is 31.9 Å². The number of carbonyl (C=O) groups excluding carboxylic acids is 1. The monoisotopic (exact) mass is 405 g/mol. The third-order valence-electron chi connectivity index (χ3n) is 4.77. The zero-order chi connectivity index (χ0) is 19.8. The van der Waals surface area contributed by atoms with Crippen LogP contribution in [0.2, 0.25) is 0 Å². The standard InChI is InChI=1S/C20H27N3O4S/c1-25-18-4-3-15(11-19(18)26-2)12-21-20(24)22-13-17(16-5-10-28-14-16)23-6-8-27-9-7-23/h3-5,10-11,14,17H,6-9,12-13H2,1-2H3,(H2,21,22,24)/t17-/m0/s1. The average Bonchev–Trinajstić information content (AvgIpc) is 3.27. The number of rotatable bonds is 8. The van der Waals surface area contributed by atoms with Crippen LogP contribution in [-0.2, 0) is 11.3 Å². The zero-order valence-corrected chi connectivity index (χ0v) is 17.1. The first-order valence-corrected chi connectivity index (χ1v) is 10.2. The predicted octanol–water partition coefficient (Wildman–Crippen LogP) is 2.64. The molecular formula is C20H27N3O4S. The van der Waals surface area contributed by atoms with Gasteiger partial charge in [-0.15, -0.1) is 0 Å². The molecule has 2 aromatic rings. The normalized spacial score (nSPS) is 15.6. The number of urea groups is 1. The van der Waals surface area contributed by atoms with Crippen LogP contribution in [0, 0.1) is 0 Å². The van der Waals surface area contributed by atoms with Crippen molar-refractivity contribution in [3.8, 4) is 11.5 Å². The molecular weight excluding hydrogens is 378 g/mol. The maximum atomic E-state index is 12.3. The summed E-state index contributed by atoms with van der Waals surface area (Å²) in [6.45, 7) is 4.16. The number of nitrogens with one attached hydrogen (secondary N) is 2. The molecule has 0 radical (unpaired) electrons. The summed E-state index contributed by atoms with van der Waals surface area (Å²) in [5.41, 5.74) is 2.17. The minimum absolute atomic E-state index is 0.155. The van der Waals surface area contributed by atoms with Crippen molar-refractivity contribution in [3.05, 3.63) is 46.2 Å². The molecule has 2 amide bonds. The molecule has 7 nitrogen and oxygen atoms in total. The van der Waals surface area contributed by atoms with E-state index in [2.05, 4.69) is 32.4 Å². The molecule has 152 valence electrons. The van der Waals surface area contributed by atoms with Crippen LogP contribution < -0.4 is 20.1 Å².